The highest BCUT2D eigenvalue weighted by molar-refractivity contribution is 6.72. The van der Waals surface area contributed by atoms with Gasteiger partial charge in [0.25, 0.3) is 0 Å². The lowest BCUT2D eigenvalue weighted by molar-refractivity contribution is -0.0499. The summed E-state index contributed by atoms with van der Waals surface area (Å²) in [6, 6.07) is 4.78. The third-order valence-electron chi connectivity index (χ3n) is 6.52. The molecule has 4 unspecified atom stereocenters. The Kier molecular flexibility index (Phi) is 11.0. The molecular formula is C24H49N3O5Si3. The van der Waals surface area contributed by atoms with E-state index < -0.39 is 43.0 Å². The summed E-state index contributed by atoms with van der Waals surface area (Å²) in [6.45, 7) is 20.4. The van der Waals surface area contributed by atoms with Crippen LogP contribution in [0.25, 0.3) is 0 Å². The number of nitrogens with two attached hydrogens (primary N) is 1. The van der Waals surface area contributed by atoms with Crippen LogP contribution in [0.4, 0.5) is 5.82 Å². The minimum Gasteiger partial charge on any atom is -0.415 e. The molecule has 1 aliphatic rings. The van der Waals surface area contributed by atoms with E-state index in [2.05, 4.69) is 65.0 Å². The summed E-state index contributed by atoms with van der Waals surface area (Å²) in [7, 11) is -5.88. The molecule has 8 nitrogen and oxygen atoms in total. The van der Waals surface area contributed by atoms with Crippen molar-refractivity contribution in [3.63, 3.8) is 0 Å². The van der Waals surface area contributed by atoms with Crippen LogP contribution in [0.15, 0.2) is 17.1 Å². The van der Waals surface area contributed by atoms with E-state index in [1.54, 1.807) is 12.3 Å². The summed E-state index contributed by atoms with van der Waals surface area (Å²) < 4.78 is 28.4. The Balaban J connectivity index is 2.49. The van der Waals surface area contributed by atoms with Gasteiger partial charge in [-0.15, -0.1) is 0 Å². The van der Waals surface area contributed by atoms with Crippen molar-refractivity contribution in [2.24, 2.45) is 0 Å². The molecular weight excluding hydrogens is 495 g/mol. The van der Waals surface area contributed by atoms with Crippen molar-refractivity contribution < 1.29 is 18.0 Å². The fourth-order valence-corrected chi connectivity index (χ4v) is 11.6. The van der Waals surface area contributed by atoms with Crippen molar-refractivity contribution in [1.29, 1.82) is 0 Å². The monoisotopic (exact) mass is 543 g/mol. The van der Waals surface area contributed by atoms with E-state index in [-0.39, 0.29) is 18.0 Å². The summed E-state index contributed by atoms with van der Waals surface area (Å²) in [5.74, 6) is 0.193. The zero-order valence-corrected chi connectivity index (χ0v) is 26.4. The number of nitrogen functional groups attached to an aromatic ring is 1. The Labute approximate surface area is 215 Å². The van der Waals surface area contributed by atoms with E-state index in [9.17, 15) is 4.79 Å². The minimum absolute atomic E-state index is 0.193. The fourth-order valence-electron chi connectivity index (χ4n) is 4.99. The van der Waals surface area contributed by atoms with E-state index in [1.807, 2.05) is 0 Å². The van der Waals surface area contributed by atoms with Crippen LogP contribution < -0.4 is 11.4 Å². The Morgan fingerprint density at radius 1 is 0.914 bits per heavy atom. The Hall–Kier alpha value is -0.829. The first-order valence-electron chi connectivity index (χ1n) is 13.2. The number of nitrogens with zero attached hydrogens (tertiary/aromatic N) is 2. The van der Waals surface area contributed by atoms with Gasteiger partial charge in [0.1, 0.15) is 24.1 Å². The van der Waals surface area contributed by atoms with Gasteiger partial charge in [0, 0.05) is 6.20 Å². The maximum absolute atomic E-state index is 12.9. The number of hydrogen-bond donors (Lipinski definition) is 1. The van der Waals surface area contributed by atoms with Gasteiger partial charge >= 0.3 is 5.69 Å². The second kappa shape index (κ2) is 12.6. The largest absolute Gasteiger partial charge is 0.415 e. The van der Waals surface area contributed by atoms with Crippen molar-refractivity contribution in [3.8, 4) is 0 Å². The third-order valence-corrected chi connectivity index (χ3v) is 14.4. The number of rotatable bonds is 14. The molecule has 0 aromatic carbocycles. The molecule has 0 bridgehead atoms. The van der Waals surface area contributed by atoms with E-state index >= 15 is 0 Å². The number of ether oxygens (including phenoxy) is 1. The van der Waals surface area contributed by atoms with Gasteiger partial charge < -0.3 is 23.7 Å². The smallest absolute Gasteiger partial charge is 0.351 e. The first-order chi connectivity index (χ1) is 16.2. The maximum atomic E-state index is 12.9. The molecule has 2 heterocycles. The van der Waals surface area contributed by atoms with Crippen LogP contribution in [-0.4, -0.2) is 59.4 Å². The predicted octanol–water partition coefficient (Wildman–Crippen LogP) is 5.36. The summed E-state index contributed by atoms with van der Waals surface area (Å²) >= 11 is 0. The molecule has 4 atom stereocenters. The number of aromatic nitrogens is 2. The van der Waals surface area contributed by atoms with Crippen molar-refractivity contribution in [2.45, 2.75) is 122 Å². The number of anilines is 1. The predicted molar refractivity (Wildman–Crippen MR) is 150 cm³/mol. The van der Waals surface area contributed by atoms with Crippen LogP contribution in [0.5, 0.6) is 0 Å². The highest BCUT2D eigenvalue weighted by Gasteiger charge is 2.51. The minimum atomic E-state index is -2.05. The van der Waals surface area contributed by atoms with Gasteiger partial charge in [-0.2, -0.15) is 4.98 Å². The second-order valence-electron chi connectivity index (χ2n) is 11.6. The summed E-state index contributed by atoms with van der Waals surface area (Å²) in [4.78, 5) is 16.8. The van der Waals surface area contributed by atoms with Gasteiger partial charge in [0.05, 0.1) is 6.61 Å². The van der Waals surface area contributed by atoms with Crippen LogP contribution in [0.2, 0.25) is 57.4 Å². The molecule has 0 amide bonds. The SMILES string of the molecule is CCC[Si](C)(C)OCC1OC(n2ccc(N)nc2=O)C(O[Si](C)(C)CCC)C1O[Si](C)(C)CCC. The molecule has 0 aliphatic carbocycles. The zero-order valence-electron chi connectivity index (χ0n) is 23.4. The van der Waals surface area contributed by atoms with E-state index in [0.717, 1.165) is 37.4 Å². The lowest BCUT2D eigenvalue weighted by atomic mass is 10.1. The lowest BCUT2D eigenvalue weighted by Crippen LogP contribution is -2.50. The Morgan fingerprint density at radius 3 is 1.94 bits per heavy atom. The molecule has 2 N–H and O–H groups in total. The average molecular weight is 544 g/mol. The van der Waals surface area contributed by atoms with Crippen molar-refractivity contribution in [2.75, 3.05) is 12.3 Å². The molecule has 1 aromatic heterocycles. The van der Waals surface area contributed by atoms with Gasteiger partial charge in [-0.3, -0.25) is 4.57 Å². The van der Waals surface area contributed by atoms with Gasteiger partial charge in [0.15, 0.2) is 31.2 Å². The van der Waals surface area contributed by atoms with E-state index in [1.165, 1.54) is 4.57 Å². The fraction of sp³-hybridized carbons (Fsp3) is 0.833. The average Bonchev–Trinajstić information content (AvgIpc) is 3.02. The summed E-state index contributed by atoms with van der Waals surface area (Å²) in [5.41, 5.74) is 5.33. The summed E-state index contributed by atoms with van der Waals surface area (Å²) in [6.07, 6.45) is 3.17. The Bertz CT molecular complexity index is 865. The molecule has 35 heavy (non-hydrogen) atoms. The molecule has 11 heteroatoms. The van der Waals surface area contributed by atoms with Crippen LogP contribution in [-0.2, 0) is 18.0 Å². The van der Waals surface area contributed by atoms with E-state index in [0.29, 0.717) is 6.61 Å². The van der Waals surface area contributed by atoms with Crippen LogP contribution in [0.1, 0.15) is 46.3 Å². The van der Waals surface area contributed by atoms with Crippen molar-refractivity contribution in [3.05, 3.63) is 22.7 Å². The normalized spacial score (nSPS) is 23.7. The van der Waals surface area contributed by atoms with Crippen molar-refractivity contribution in [1.82, 2.24) is 9.55 Å². The molecule has 202 valence electrons. The zero-order chi connectivity index (χ0) is 26.4. The Morgan fingerprint density at radius 2 is 1.43 bits per heavy atom. The highest BCUT2D eigenvalue weighted by atomic mass is 28.4. The highest BCUT2D eigenvalue weighted by Crippen LogP contribution is 2.38. The molecule has 1 aliphatic heterocycles. The maximum Gasteiger partial charge on any atom is 0.351 e. The molecule has 0 radical (unpaired) electrons. The molecule has 0 spiro atoms. The third kappa shape index (κ3) is 8.90. The van der Waals surface area contributed by atoms with Gasteiger partial charge in [0.2, 0.25) is 0 Å². The first-order valence-corrected chi connectivity index (χ1v) is 22.6. The van der Waals surface area contributed by atoms with Crippen LogP contribution in [0.3, 0.4) is 0 Å². The molecule has 1 saturated heterocycles. The van der Waals surface area contributed by atoms with Crippen molar-refractivity contribution >= 4 is 30.8 Å². The molecule has 0 saturated carbocycles. The summed E-state index contributed by atoms with van der Waals surface area (Å²) in [5, 5.41) is 0. The van der Waals surface area contributed by atoms with E-state index in [4.69, 9.17) is 23.7 Å². The topological polar surface area (TPSA) is 97.8 Å². The standard InChI is InChI=1S/C24H49N3O5Si3/c1-10-15-33(4,5)29-18-19-21(31-34(6,7)16-11-2)22(32-35(8,9)17-12-3)23(30-19)27-14-13-20(25)26-24(27)28/h13-14,19,21-23H,10-12,15-18H2,1-9H3,(H2,25,26,28). The van der Waals surface area contributed by atoms with Crippen LogP contribution in [0, 0.1) is 0 Å². The first kappa shape index (κ1) is 30.4. The second-order valence-corrected chi connectivity index (χ2v) is 24.4. The lowest BCUT2D eigenvalue weighted by Gasteiger charge is -2.37. The molecule has 1 fully saturated rings. The number of hydrogen-bond acceptors (Lipinski definition) is 7. The van der Waals surface area contributed by atoms with Gasteiger partial charge in [-0.25, -0.2) is 4.79 Å². The van der Waals surface area contributed by atoms with Gasteiger partial charge in [-0.05, 0) is 63.5 Å². The molecule has 2 rings (SSSR count). The van der Waals surface area contributed by atoms with Gasteiger partial charge in [-0.1, -0.05) is 40.0 Å². The molecule has 1 aromatic rings. The quantitative estimate of drug-likeness (QED) is 0.316. The van der Waals surface area contributed by atoms with Crippen LogP contribution >= 0.6 is 0 Å².